The molecule has 0 atom stereocenters. The minimum absolute atomic E-state index is 0.0722. The van der Waals surface area contributed by atoms with Crippen molar-refractivity contribution in [2.45, 2.75) is 18.9 Å². The molecule has 3 N–H and O–H groups in total. The van der Waals surface area contributed by atoms with E-state index in [1.54, 1.807) is 31.3 Å². The number of anilines is 3. The number of nitrogens with zero attached hydrogens (tertiary/aromatic N) is 3. The monoisotopic (exact) mass is 543 g/mol. The van der Waals surface area contributed by atoms with Crippen LogP contribution in [0.3, 0.4) is 0 Å². The molecule has 40 heavy (non-hydrogen) atoms. The summed E-state index contributed by atoms with van der Waals surface area (Å²) in [5.74, 6) is 1.71. The second kappa shape index (κ2) is 11.5. The van der Waals surface area contributed by atoms with Gasteiger partial charge >= 0.3 is 0 Å². The minimum Gasteiger partial charge on any atom is -0.495 e. The first kappa shape index (κ1) is 26.7. The molecular weight excluding hydrogens is 513 g/mol. The van der Waals surface area contributed by atoms with E-state index in [0.717, 1.165) is 16.5 Å². The first-order valence-electron chi connectivity index (χ1n) is 12.8. The Balaban J connectivity index is 1.46. The second-order valence-electron chi connectivity index (χ2n) is 9.37. The van der Waals surface area contributed by atoms with Crippen LogP contribution in [0.5, 0.6) is 17.2 Å². The Morgan fingerprint density at radius 3 is 2.45 bits per heavy atom. The molecule has 206 valence electrons. The van der Waals surface area contributed by atoms with Crippen molar-refractivity contribution in [2.24, 2.45) is 0 Å². The number of amides is 1. The first-order chi connectivity index (χ1) is 19.4. The summed E-state index contributed by atoms with van der Waals surface area (Å²) >= 11 is 0. The highest BCUT2D eigenvalue weighted by Crippen LogP contribution is 2.38. The van der Waals surface area contributed by atoms with Crippen LogP contribution < -0.4 is 25.3 Å². The molecule has 5 rings (SSSR count). The Labute approximate surface area is 231 Å². The summed E-state index contributed by atoms with van der Waals surface area (Å²) in [5, 5.41) is 4.08. The Morgan fingerprint density at radius 2 is 1.75 bits per heavy atom. The molecule has 10 heteroatoms. The summed E-state index contributed by atoms with van der Waals surface area (Å²) in [5.41, 5.74) is 8.76. The largest absolute Gasteiger partial charge is 0.495 e. The summed E-state index contributed by atoms with van der Waals surface area (Å²) in [6.45, 7) is 4.76. The van der Waals surface area contributed by atoms with Gasteiger partial charge in [-0.2, -0.15) is 0 Å². The van der Waals surface area contributed by atoms with Gasteiger partial charge < -0.3 is 30.2 Å². The van der Waals surface area contributed by atoms with Gasteiger partial charge in [-0.05, 0) is 47.5 Å². The second-order valence-corrected chi connectivity index (χ2v) is 9.37. The van der Waals surface area contributed by atoms with Crippen molar-refractivity contribution < 1.29 is 23.4 Å². The molecule has 3 aromatic carbocycles. The van der Waals surface area contributed by atoms with E-state index in [0.29, 0.717) is 60.2 Å². The van der Waals surface area contributed by atoms with Gasteiger partial charge in [0, 0.05) is 37.4 Å². The van der Waals surface area contributed by atoms with E-state index in [1.165, 1.54) is 18.5 Å². The summed E-state index contributed by atoms with van der Waals surface area (Å²) < 4.78 is 31.3. The van der Waals surface area contributed by atoms with Crippen LogP contribution >= 0.6 is 0 Å². The lowest BCUT2D eigenvalue weighted by Crippen LogP contribution is -2.41. The lowest BCUT2D eigenvalue weighted by atomic mass is 10.0. The van der Waals surface area contributed by atoms with Gasteiger partial charge in [0.15, 0.2) is 11.5 Å². The maximum atomic E-state index is 13.7. The molecule has 4 aromatic rings. The molecule has 1 aliphatic rings. The Morgan fingerprint density at radius 1 is 1.02 bits per heavy atom. The number of carbonyl (C=O) groups excluding carboxylic acids is 1. The molecule has 0 unspecified atom stereocenters. The standard InChI is InChI=1S/C30H30FN5O4/c1-4-29(37)36-11-9-20(10-12-36)40-28-15-21-24(16-27(28)39-3)33-17-34-30(21)35-25-14-19(6-8-26(25)38-2)18-5-7-22(31)23(32)13-18/h4-8,13-17,20H,1,9-12,32H2,2-3H3,(H,33,34,35). The van der Waals surface area contributed by atoms with Gasteiger partial charge in [-0.1, -0.05) is 18.7 Å². The molecule has 9 nitrogen and oxygen atoms in total. The molecule has 1 saturated heterocycles. The van der Waals surface area contributed by atoms with Crippen LogP contribution in [0.1, 0.15) is 12.8 Å². The number of ether oxygens (including phenoxy) is 3. The highest BCUT2D eigenvalue weighted by Gasteiger charge is 2.24. The van der Waals surface area contributed by atoms with Crippen LogP contribution in [0.25, 0.3) is 22.0 Å². The summed E-state index contributed by atoms with van der Waals surface area (Å²) in [6, 6.07) is 13.9. The zero-order chi connectivity index (χ0) is 28.2. The van der Waals surface area contributed by atoms with Gasteiger partial charge in [0.05, 0.1) is 31.1 Å². The topological polar surface area (TPSA) is 112 Å². The van der Waals surface area contributed by atoms with Crippen LogP contribution in [-0.2, 0) is 4.79 Å². The third-order valence-electron chi connectivity index (χ3n) is 6.92. The Hall–Kier alpha value is -4.86. The number of rotatable bonds is 8. The molecule has 1 amide bonds. The van der Waals surface area contributed by atoms with E-state index in [2.05, 4.69) is 21.9 Å². The smallest absolute Gasteiger partial charge is 0.245 e. The van der Waals surface area contributed by atoms with Gasteiger partial charge in [-0.15, -0.1) is 0 Å². The Bertz CT molecular complexity index is 1570. The summed E-state index contributed by atoms with van der Waals surface area (Å²) in [7, 11) is 3.16. The van der Waals surface area contributed by atoms with E-state index >= 15 is 0 Å². The molecular formula is C30H30FN5O4. The zero-order valence-electron chi connectivity index (χ0n) is 22.3. The molecule has 0 saturated carbocycles. The molecule has 2 heterocycles. The van der Waals surface area contributed by atoms with E-state index in [9.17, 15) is 9.18 Å². The fraction of sp³-hybridized carbons (Fsp3) is 0.233. The number of fused-ring (bicyclic) bond motifs is 1. The zero-order valence-corrected chi connectivity index (χ0v) is 22.3. The first-order valence-corrected chi connectivity index (χ1v) is 12.8. The lowest BCUT2D eigenvalue weighted by molar-refractivity contribution is -0.127. The van der Waals surface area contributed by atoms with Crippen LogP contribution in [0.15, 0.2) is 67.5 Å². The highest BCUT2D eigenvalue weighted by molar-refractivity contribution is 5.94. The molecule has 0 aliphatic carbocycles. The van der Waals surface area contributed by atoms with Crippen molar-refractivity contribution in [3.8, 4) is 28.4 Å². The number of nitrogen functional groups attached to an aromatic ring is 1. The number of nitrogens with one attached hydrogen (secondary N) is 1. The average Bonchev–Trinajstić information content (AvgIpc) is 2.98. The highest BCUT2D eigenvalue weighted by atomic mass is 19.1. The summed E-state index contributed by atoms with van der Waals surface area (Å²) in [4.78, 5) is 22.6. The van der Waals surface area contributed by atoms with Gasteiger partial charge in [-0.25, -0.2) is 14.4 Å². The maximum absolute atomic E-state index is 13.7. The fourth-order valence-electron chi connectivity index (χ4n) is 4.75. The molecule has 0 radical (unpaired) electrons. The third kappa shape index (κ3) is 5.47. The molecule has 0 bridgehead atoms. The summed E-state index contributed by atoms with van der Waals surface area (Å²) in [6.07, 6.45) is 4.10. The number of nitrogens with two attached hydrogens (primary N) is 1. The SMILES string of the molecule is C=CC(=O)N1CCC(Oc2cc3c(Nc4cc(-c5ccc(F)c(N)c5)ccc4OC)ncnc3cc2OC)CC1. The molecule has 1 fully saturated rings. The number of hydrogen-bond acceptors (Lipinski definition) is 8. The van der Waals surface area contributed by atoms with Gasteiger partial charge in [-0.3, -0.25) is 4.79 Å². The van der Waals surface area contributed by atoms with Crippen LogP contribution in [0.4, 0.5) is 21.6 Å². The number of aromatic nitrogens is 2. The van der Waals surface area contributed by atoms with Crippen molar-refractivity contribution in [2.75, 3.05) is 38.4 Å². The van der Waals surface area contributed by atoms with Crippen molar-refractivity contribution in [1.82, 2.24) is 14.9 Å². The van der Waals surface area contributed by atoms with Crippen LogP contribution in [-0.4, -0.2) is 54.2 Å². The number of piperidine rings is 1. The van der Waals surface area contributed by atoms with Crippen molar-refractivity contribution in [3.63, 3.8) is 0 Å². The third-order valence-corrected chi connectivity index (χ3v) is 6.92. The van der Waals surface area contributed by atoms with Gasteiger partial charge in [0.2, 0.25) is 5.91 Å². The number of methoxy groups -OCH3 is 2. The average molecular weight is 544 g/mol. The normalized spacial score (nSPS) is 13.6. The van der Waals surface area contributed by atoms with Crippen molar-refractivity contribution >= 4 is 34.0 Å². The van der Waals surface area contributed by atoms with Gasteiger partial charge in [0.25, 0.3) is 0 Å². The number of carbonyl (C=O) groups is 1. The van der Waals surface area contributed by atoms with E-state index < -0.39 is 5.82 Å². The van der Waals surface area contributed by atoms with Crippen LogP contribution in [0, 0.1) is 5.82 Å². The molecule has 1 aromatic heterocycles. The van der Waals surface area contributed by atoms with Crippen LogP contribution in [0.2, 0.25) is 0 Å². The predicted octanol–water partition coefficient (Wildman–Crippen LogP) is 5.33. The number of halogens is 1. The minimum atomic E-state index is -0.465. The number of hydrogen-bond donors (Lipinski definition) is 2. The molecule has 1 aliphatic heterocycles. The van der Waals surface area contributed by atoms with E-state index in [4.69, 9.17) is 19.9 Å². The number of likely N-dealkylation sites (tertiary alicyclic amines) is 1. The fourth-order valence-corrected chi connectivity index (χ4v) is 4.75. The quantitative estimate of drug-likeness (QED) is 0.226. The van der Waals surface area contributed by atoms with Crippen molar-refractivity contribution in [1.29, 1.82) is 0 Å². The Kier molecular flexibility index (Phi) is 7.68. The lowest BCUT2D eigenvalue weighted by Gasteiger charge is -2.31. The predicted molar refractivity (Wildman–Crippen MR) is 153 cm³/mol. The van der Waals surface area contributed by atoms with Crippen molar-refractivity contribution in [3.05, 3.63) is 73.3 Å². The van der Waals surface area contributed by atoms with E-state index in [1.807, 2.05) is 30.3 Å². The van der Waals surface area contributed by atoms with E-state index in [-0.39, 0.29) is 17.7 Å². The van der Waals surface area contributed by atoms with Gasteiger partial charge in [0.1, 0.15) is 29.8 Å². The maximum Gasteiger partial charge on any atom is 0.245 e. The number of benzene rings is 3. The molecule has 0 spiro atoms.